The highest BCUT2D eigenvalue weighted by Crippen LogP contribution is 2.16. The minimum Gasteiger partial charge on any atom is -0.354 e. The standard InChI is InChI=1S/C23H27N5O3S2/c1-27-9-11-28(12-10-27)22-14-18(7-8-24-22)16-25-23(29)19-4-2-6-21(15-19)33(30,31)26-17-20-5-3-13-32-20/h2-8,13-15,26H,9-12,16-17H2,1H3,(H,25,29). The maximum absolute atomic E-state index is 12.7. The summed E-state index contributed by atoms with van der Waals surface area (Å²) in [7, 11) is -1.61. The Morgan fingerprint density at radius 1 is 1.06 bits per heavy atom. The molecule has 0 aliphatic carbocycles. The summed E-state index contributed by atoms with van der Waals surface area (Å²) in [6.07, 6.45) is 1.75. The van der Waals surface area contributed by atoms with E-state index < -0.39 is 10.0 Å². The first kappa shape index (κ1) is 23.4. The lowest BCUT2D eigenvalue weighted by Crippen LogP contribution is -2.44. The van der Waals surface area contributed by atoms with Gasteiger partial charge in [0.05, 0.1) is 4.90 Å². The molecule has 3 aromatic rings. The molecule has 0 spiro atoms. The summed E-state index contributed by atoms with van der Waals surface area (Å²) in [6, 6.07) is 13.7. The number of thiophene rings is 1. The molecular weight excluding hydrogens is 458 g/mol. The highest BCUT2D eigenvalue weighted by atomic mass is 32.2. The molecule has 1 aliphatic heterocycles. The van der Waals surface area contributed by atoms with Crippen LogP contribution in [0.1, 0.15) is 20.8 Å². The number of amides is 1. The number of sulfonamides is 1. The average molecular weight is 486 g/mol. The second kappa shape index (κ2) is 10.4. The van der Waals surface area contributed by atoms with Gasteiger partial charge in [0.15, 0.2) is 0 Å². The van der Waals surface area contributed by atoms with Crippen molar-refractivity contribution in [2.24, 2.45) is 0 Å². The minimum atomic E-state index is -3.72. The zero-order valence-electron chi connectivity index (χ0n) is 18.4. The Labute approximate surface area is 198 Å². The first-order valence-corrected chi connectivity index (χ1v) is 13.1. The van der Waals surface area contributed by atoms with Crippen molar-refractivity contribution < 1.29 is 13.2 Å². The van der Waals surface area contributed by atoms with E-state index in [4.69, 9.17) is 0 Å². The van der Waals surface area contributed by atoms with Gasteiger partial charge in [-0.15, -0.1) is 11.3 Å². The number of pyridine rings is 1. The summed E-state index contributed by atoms with van der Waals surface area (Å²) >= 11 is 1.48. The molecule has 0 bridgehead atoms. The monoisotopic (exact) mass is 485 g/mol. The lowest BCUT2D eigenvalue weighted by molar-refractivity contribution is 0.0950. The maximum Gasteiger partial charge on any atom is 0.251 e. The van der Waals surface area contributed by atoms with Gasteiger partial charge in [-0.1, -0.05) is 12.1 Å². The Hall–Kier alpha value is -2.79. The zero-order chi connectivity index (χ0) is 23.3. The van der Waals surface area contributed by atoms with Crippen LogP contribution in [0, 0.1) is 0 Å². The van der Waals surface area contributed by atoms with Crippen molar-refractivity contribution in [1.82, 2.24) is 19.9 Å². The minimum absolute atomic E-state index is 0.0629. The number of aromatic nitrogens is 1. The molecule has 8 nitrogen and oxygen atoms in total. The van der Waals surface area contributed by atoms with Crippen LogP contribution in [0.5, 0.6) is 0 Å². The van der Waals surface area contributed by atoms with Gasteiger partial charge < -0.3 is 15.1 Å². The molecular formula is C23H27N5O3S2. The SMILES string of the molecule is CN1CCN(c2cc(CNC(=O)c3cccc(S(=O)(=O)NCc4cccs4)c3)ccn2)CC1. The molecule has 2 N–H and O–H groups in total. The fraction of sp³-hybridized carbons (Fsp3) is 0.304. The molecule has 1 saturated heterocycles. The van der Waals surface area contributed by atoms with E-state index in [1.54, 1.807) is 18.3 Å². The molecule has 0 radical (unpaired) electrons. The number of carbonyl (C=O) groups excluding carboxylic acids is 1. The summed E-state index contributed by atoms with van der Waals surface area (Å²) in [4.78, 5) is 22.7. The number of benzene rings is 1. The van der Waals surface area contributed by atoms with Crippen LogP contribution in [-0.4, -0.2) is 57.4 Å². The highest BCUT2D eigenvalue weighted by Gasteiger charge is 2.17. The molecule has 33 heavy (non-hydrogen) atoms. The lowest BCUT2D eigenvalue weighted by Gasteiger charge is -2.33. The molecule has 0 saturated carbocycles. The van der Waals surface area contributed by atoms with Crippen molar-refractivity contribution in [3.05, 3.63) is 76.1 Å². The number of likely N-dealkylation sites (N-methyl/N-ethyl adjacent to an activating group) is 1. The van der Waals surface area contributed by atoms with Crippen LogP contribution in [0.3, 0.4) is 0 Å². The topological polar surface area (TPSA) is 94.6 Å². The van der Waals surface area contributed by atoms with Gasteiger partial charge in [0.2, 0.25) is 10.0 Å². The summed E-state index contributed by atoms with van der Waals surface area (Å²) in [6.45, 7) is 4.36. The van der Waals surface area contributed by atoms with E-state index >= 15 is 0 Å². The molecule has 4 rings (SSSR count). The zero-order valence-corrected chi connectivity index (χ0v) is 20.0. The van der Waals surface area contributed by atoms with Gasteiger partial charge in [0.1, 0.15) is 5.82 Å². The third-order valence-electron chi connectivity index (χ3n) is 5.51. The predicted molar refractivity (Wildman–Crippen MR) is 130 cm³/mol. The first-order chi connectivity index (χ1) is 15.9. The van der Waals surface area contributed by atoms with E-state index in [0.717, 1.165) is 42.4 Å². The van der Waals surface area contributed by atoms with Crippen LogP contribution >= 0.6 is 11.3 Å². The summed E-state index contributed by atoms with van der Waals surface area (Å²) in [5.41, 5.74) is 1.23. The van der Waals surface area contributed by atoms with Crippen LogP contribution < -0.4 is 14.9 Å². The Kier molecular flexibility index (Phi) is 7.39. The molecule has 1 fully saturated rings. The van der Waals surface area contributed by atoms with Gasteiger partial charge in [-0.05, 0) is 54.4 Å². The number of hydrogen-bond acceptors (Lipinski definition) is 7. The van der Waals surface area contributed by atoms with Gasteiger partial charge in [-0.3, -0.25) is 4.79 Å². The number of carbonyl (C=O) groups is 1. The van der Waals surface area contributed by atoms with Gasteiger partial charge >= 0.3 is 0 Å². The fourth-order valence-electron chi connectivity index (χ4n) is 3.53. The smallest absolute Gasteiger partial charge is 0.251 e. The number of piperazine rings is 1. The van der Waals surface area contributed by atoms with E-state index in [1.807, 2.05) is 29.6 Å². The molecule has 10 heteroatoms. The van der Waals surface area contributed by atoms with Crippen molar-refractivity contribution in [2.75, 3.05) is 38.1 Å². The average Bonchev–Trinajstić information content (AvgIpc) is 3.36. The second-order valence-corrected chi connectivity index (χ2v) is 10.7. The third kappa shape index (κ3) is 6.17. The van der Waals surface area contributed by atoms with Crippen LogP contribution in [-0.2, 0) is 23.1 Å². The van der Waals surface area contributed by atoms with Gasteiger partial charge in [0, 0.05) is 55.9 Å². The molecule has 1 amide bonds. The normalized spacial score (nSPS) is 14.9. The summed E-state index contributed by atoms with van der Waals surface area (Å²) in [5, 5.41) is 4.77. The molecule has 3 heterocycles. The van der Waals surface area contributed by atoms with E-state index in [1.165, 1.54) is 23.5 Å². The van der Waals surface area contributed by atoms with E-state index in [0.29, 0.717) is 12.1 Å². The number of nitrogens with zero attached hydrogens (tertiary/aromatic N) is 3. The second-order valence-electron chi connectivity index (χ2n) is 7.93. The lowest BCUT2D eigenvalue weighted by atomic mass is 10.2. The molecule has 2 aromatic heterocycles. The van der Waals surface area contributed by atoms with Crippen LogP contribution in [0.15, 0.2) is 65.0 Å². The Morgan fingerprint density at radius 2 is 1.88 bits per heavy atom. The van der Waals surface area contributed by atoms with E-state index in [9.17, 15) is 13.2 Å². The maximum atomic E-state index is 12.7. The van der Waals surface area contributed by atoms with Crippen molar-refractivity contribution in [2.45, 2.75) is 18.0 Å². The number of rotatable bonds is 8. The van der Waals surface area contributed by atoms with Crippen LogP contribution in [0.2, 0.25) is 0 Å². The Balaban J connectivity index is 1.37. The first-order valence-electron chi connectivity index (χ1n) is 10.7. The van der Waals surface area contributed by atoms with Crippen molar-refractivity contribution in [1.29, 1.82) is 0 Å². The van der Waals surface area contributed by atoms with E-state index in [-0.39, 0.29) is 17.3 Å². The summed E-state index contributed by atoms with van der Waals surface area (Å²) < 4.78 is 27.9. The van der Waals surface area contributed by atoms with Crippen LogP contribution in [0.4, 0.5) is 5.82 Å². The highest BCUT2D eigenvalue weighted by molar-refractivity contribution is 7.89. The predicted octanol–water partition coefficient (Wildman–Crippen LogP) is 2.30. The third-order valence-corrected chi connectivity index (χ3v) is 7.79. The molecule has 0 atom stereocenters. The molecule has 0 unspecified atom stereocenters. The molecule has 1 aromatic carbocycles. The van der Waals surface area contributed by atoms with Gasteiger partial charge in [0.25, 0.3) is 5.91 Å². The fourth-order valence-corrected chi connectivity index (χ4v) is 5.32. The van der Waals surface area contributed by atoms with Crippen LogP contribution in [0.25, 0.3) is 0 Å². The number of anilines is 1. The summed E-state index contributed by atoms with van der Waals surface area (Å²) in [5.74, 6) is 0.572. The molecule has 174 valence electrons. The Bertz CT molecular complexity index is 1190. The van der Waals surface area contributed by atoms with Crippen molar-refractivity contribution in [3.63, 3.8) is 0 Å². The molecule has 1 aliphatic rings. The van der Waals surface area contributed by atoms with Crippen molar-refractivity contribution in [3.8, 4) is 0 Å². The van der Waals surface area contributed by atoms with E-state index in [2.05, 4.69) is 31.9 Å². The van der Waals surface area contributed by atoms with Gasteiger partial charge in [-0.2, -0.15) is 0 Å². The quantitative estimate of drug-likeness (QED) is 0.509. The number of hydrogen-bond donors (Lipinski definition) is 2. The largest absolute Gasteiger partial charge is 0.354 e. The van der Waals surface area contributed by atoms with Crippen molar-refractivity contribution >= 4 is 33.1 Å². The number of nitrogens with one attached hydrogen (secondary N) is 2. The Morgan fingerprint density at radius 3 is 2.64 bits per heavy atom. The van der Waals surface area contributed by atoms with Gasteiger partial charge in [-0.25, -0.2) is 18.1 Å².